The van der Waals surface area contributed by atoms with Crippen LogP contribution in [0.3, 0.4) is 0 Å². The normalized spacial score (nSPS) is 64.1. The van der Waals surface area contributed by atoms with E-state index in [4.69, 9.17) is 14.5 Å². The van der Waals surface area contributed by atoms with Crippen molar-refractivity contribution in [2.45, 2.75) is 70.7 Å². The number of hydrogen-bond acceptors (Lipinski definition) is 4. The average molecular weight is 292 g/mol. The van der Waals surface area contributed by atoms with Crippen molar-refractivity contribution in [1.29, 1.82) is 0 Å². The van der Waals surface area contributed by atoms with Gasteiger partial charge in [-0.3, -0.25) is 4.79 Å². The van der Waals surface area contributed by atoms with E-state index in [1.807, 2.05) is 6.92 Å². The summed E-state index contributed by atoms with van der Waals surface area (Å²) in [6.07, 6.45) is 5.37. The van der Waals surface area contributed by atoms with Gasteiger partial charge in [-0.15, -0.1) is 0 Å². The van der Waals surface area contributed by atoms with Crippen molar-refractivity contribution in [2.24, 2.45) is 28.6 Å². The molecular weight excluding hydrogens is 268 g/mol. The molecule has 0 radical (unpaired) electrons. The molecule has 4 heteroatoms. The maximum atomic E-state index is 12.4. The van der Waals surface area contributed by atoms with Crippen LogP contribution in [0, 0.1) is 28.6 Å². The minimum Gasteiger partial charge on any atom is -0.462 e. The summed E-state index contributed by atoms with van der Waals surface area (Å²) in [5.74, 6) is 1.04. The lowest BCUT2D eigenvalue weighted by Gasteiger charge is -2.76. The van der Waals surface area contributed by atoms with Gasteiger partial charge in [-0.1, -0.05) is 13.8 Å². The fraction of sp³-hybridized carbons (Fsp3) is 0.941. The zero-order valence-corrected chi connectivity index (χ0v) is 13.1. The van der Waals surface area contributed by atoms with Gasteiger partial charge >= 0.3 is 5.97 Å². The van der Waals surface area contributed by atoms with Crippen LogP contribution >= 0.6 is 0 Å². The molecule has 4 aliphatic carbocycles. The molecule has 8 atom stereocenters. The zero-order chi connectivity index (χ0) is 14.6. The van der Waals surface area contributed by atoms with Gasteiger partial charge in [0, 0.05) is 23.2 Å². The second kappa shape index (κ2) is 3.48. The molecule has 2 aliphatic heterocycles. The van der Waals surface area contributed by atoms with E-state index < -0.39 is 0 Å². The first-order valence-corrected chi connectivity index (χ1v) is 8.49. The van der Waals surface area contributed by atoms with Crippen LogP contribution in [0.1, 0.15) is 52.9 Å². The topological polar surface area (TPSA) is 44.8 Å². The lowest BCUT2D eigenvalue weighted by Crippen LogP contribution is -2.81. The smallest absolute Gasteiger partial charge is 0.309 e. The van der Waals surface area contributed by atoms with Crippen LogP contribution in [-0.2, 0) is 19.3 Å². The summed E-state index contributed by atoms with van der Waals surface area (Å²) in [6.45, 7) is 6.52. The third kappa shape index (κ3) is 1.15. The zero-order valence-electron chi connectivity index (χ0n) is 13.1. The molecule has 0 aromatic rings. The molecular formula is C17H24O4. The third-order valence-electron chi connectivity index (χ3n) is 7.93. The lowest BCUT2D eigenvalue weighted by atomic mass is 9.30. The van der Waals surface area contributed by atoms with Gasteiger partial charge in [0.25, 0.3) is 0 Å². The first-order chi connectivity index (χ1) is 9.94. The van der Waals surface area contributed by atoms with Gasteiger partial charge in [0.15, 0.2) is 0 Å². The summed E-state index contributed by atoms with van der Waals surface area (Å²) in [6, 6.07) is 0. The number of fused-ring (bicyclic) bond motifs is 4. The minimum atomic E-state index is -0.295. The fourth-order valence-corrected chi connectivity index (χ4v) is 6.88. The van der Waals surface area contributed by atoms with Crippen LogP contribution in [0.2, 0.25) is 0 Å². The van der Waals surface area contributed by atoms with E-state index in [9.17, 15) is 4.79 Å². The van der Waals surface area contributed by atoms with Crippen molar-refractivity contribution >= 4 is 5.97 Å². The Balaban J connectivity index is 1.73. The number of hydrogen-bond donors (Lipinski definition) is 0. The first-order valence-electron chi connectivity index (χ1n) is 8.49. The molecule has 0 N–H and O–H groups in total. The van der Waals surface area contributed by atoms with Gasteiger partial charge in [-0.05, 0) is 38.5 Å². The quantitative estimate of drug-likeness (QED) is 0.509. The summed E-state index contributed by atoms with van der Waals surface area (Å²) in [7, 11) is 0. The van der Waals surface area contributed by atoms with Crippen molar-refractivity contribution in [3.8, 4) is 0 Å². The van der Waals surface area contributed by atoms with Crippen LogP contribution in [0.25, 0.3) is 0 Å². The van der Waals surface area contributed by atoms with Gasteiger partial charge in [-0.25, -0.2) is 9.78 Å². The number of carbonyl (C=O) groups excluding carboxylic acids is 1. The van der Waals surface area contributed by atoms with E-state index >= 15 is 0 Å². The van der Waals surface area contributed by atoms with Crippen molar-refractivity contribution < 1.29 is 19.3 Å². The molecule has 21 heavy (non-hydrogen) atoms. The van der Waals surface area contributed by atoms with E-state index in [-0.39, 0.29) is 40.5 Å². The van der Waals surface area contributed by atoms with Crippen LogP contribution in [0.4, 0.5) is 0 Å². The highest BCUT2D eigenvalue weighted by molar-refractivity contribution is 5.75. The Kier molecular flexibility index (Phi) is 2.14. The van der Waals surface area contributed by atoms with Crippen LogP contribution in [0.15, 0.2) is 0 Å². The molecule has 6 rings (SSSR count). The molecule has 4 nitrogen and oxygen atoms in total. The Bertz CT molecular complexity index is 533. The van der Waals surface area contributed by atoms with Crippen LogP contribution in [0.5, 0.6) is 0 Å². The van der Waals surface area contributed by atoms with Gasteiger partial charge in [0.2, 0.25) is 0 Å². The van der Waals surface area contributed by atoms with Gasteiger partial charge in [-0.2, -0.15) is 0 Å². The van der Waals surface area contributed by atoms with E-state index in [0.717, 1.165) is 25.7 Å². The fourth-order valence-electron chi connectivity index (χ4n) is 6.88. The van der Waals surface area contributed by atoms with E-state index in [1.165, 1.54) is 6.42 Å². The predicted octanol–water partition coefficient (Wildman–Crippen LogP) is 2.85. The molecule has 4 unspecified atom stereocenters. The molecule has 0 aromatic heterocycles. The second-order valence-electron chi connectivity index (χ2n) is 8.55. The lowest BCUT2D eigenvalue weighted by molar-refractivity contribution is -0.484. The summed E-state index contributed by atoms with van der Waals surface area (Å²) >= 11 is 0. The standard InChI is InChI=1S/C17H24O4/c1-9-4-5-17-10(2)13(18)19-11-8-15(3)6-7-16(9,12(11)17)14(17)20-21-15/h9-12,14H,4-8H2,1-3H3/t9-,10+,11-,12?,14?,15+,16?,17?/m1/s1. The molecule has 3 bridgehead atoms. The van der Waals surface area contributed by atoms with Crippen molar-refractivity contribution in [1.82, 2.24) is 0 Å². The molecule has 6 fully saturated rings. The predicted molar refractivity (Wildman–Crippen MR) is 74.0 cm³/mol. The summed E-state index contributed by atoms with van der Waals surface area (Å²) in [5.41, 5.74) is -0.152. The Morgan fingerprint density at radius 3 is 2.76 bits per heavy atom. The van der Waals surface area contributed by atoms with Gasteiger partial charge < -0.3 is 4.74 Å². The van der Waals surface area contributed by atoms with Crippen LogP contribution < -0.4 is 0 Å². The average Bonchev–Trinajstić information content (AvgIpc) is 2.61. The SMILES string of the molecule is C[C@@H]1CCC23C4OO[C@@]5(C)CCC41C2[C@@H](C5)OC(=O)[C@@H]3C. The Labute approximate surface area is 125 Å². The maximum Gasteiger partial charge on any atom is 0.309 e. The van der Waals surface area contributed by atoms with E-state index in [0.29, 0.717) is 11.8 Å². The summed E-state index contributed by atoms with van der Waals surface area (Å²) in [5, 5.41) is 0. The van der Waals surface area contributed by atoms with Crippen molar-refractivity contribution in [3.05, 3.63) is 0 Å². The summed E-state index contributed by atoms with van der Waals surface area (Å²) < 4.78 is 5.90. The van der Waals surface area contributed by atoms with Crippen molar-refractivity contribution in [2.75, 3.05) is 0 Å². The summed E-state index contributed by atoms with van der Waals surface area (Å²) in [4.78, 5) is 24.4. The molecule has 0 amide bonds. The number of esters is 1. The Morgan fingerprint density at radius 1 is 1.14 bits per heavy atom. The molecule has 2 spiro atoms. The minimum absolute atomic E-state index is 0.0147. The third-order valence-corrected chi connectivity index (χ3v) is 7.93. The van der Waals surface area contributed by atoms with Gasteiger partial charge in [0.1, 0.15) is 17.8 Å². The monoisotopic (exact) mass is 292 g/mol. The van der Waals surface area contributed by atoms with Gasteiger partial charge in [0.05, 0.1) is 5.92 Å². The van der Waals surface area contributed by atoms with E-state index in [1.54, 1.807) is 0 Å². The van der Waals surface area contributed by atoms with Crippen LogP contribution in [-0.4, -0.2) is 23.8 Å². The number of ether oxygens (including phenoxy) is 1. The number of carbonyl (C=O) groups is 1. The Morgan fingerprint density at radius 2 is 1.95 bits per heavy atom. The molecule has 6 aliphatic rings. The maximum absolute atomic E-state index is 12.4. The molecule has 0 aromatic carbocycles. The first kappa shape index (κ1) is 12.9. The largest absolute Gasteiger partial charge is 0.462 e. The Hall–Kier alpha value is -0.610. The highest BCUT2D eigenvalue weighted by atomic mass is 17.2. The van der Waals surface area contributed by atoms with Crippen molar-refractivity contribution in [3.63, 3.8) is 0 Å². The molecule has 116 valence electrons. The molecule has 2 saturated heterocycles. The van der Waals surface area contributed by atoms with E-state index in [2.05, 4.69) is 13.8 Å². The number of rotatable bonds is 0. The molecule has 4 saturated carbocycles. The molecule has 2 heterocycles. The highest BCUT2D eigenvalue weighted by Crippen LogP contribution is 2.79. The highest BCUT2D eigenvalue weighted by Gasteiger charge is 2.83. The second-order valence-corrected chi connectivity index (χ2v) is 8.55.